The molecule has 1 amide bonds. The Morgan fingerprint density at radius 2 is 1.71 bits per heavy atom. The van der Waals surface area contributed by atoms with E-state index in [0.717, 1.165) is 15.2 Å². The van der Waals surface area contributed by atoms with Crippen molar-refractivity contribution in [3.63, 3.8) is 0 Å². The molecule has 4 rings (SSSR count). The molecule has 0 aliphatic carbocycles. The van der Waals surface area contributed by atoms with Crippen LogP contribution in [0.25, 0.3) is 10.8 Å². The van der Waals surface area contributed by atoms with E-state index >= 15 is 0 Å². The van der Waals surface area contributed by atoms with Crippen LogP contribution in [0.15, 0.2) is 94.5 Å². The normalized spacial score (nSPS) is 10.9. The Morgan fingerprint density at radius 1 is 0.941 bits per heavy atom. The van der Waals surface area contributed by atoms with Gasteiger partial charge in [0, 0.05) is 15.4 Å². The number of ether oxygens (including phenoxy) is 2. The van der Waals surface area contributed by atoms with Crippen LogP contribution in [-0.4, -0.2) is 24.7 Å². The van der Waals surface area contributed by atoms with Crippen molar-refractivity contribution in [2.24, 2.45) is 5.10 Å². The Hall–Kier alpha value is -3.68. The molecular formula is C26H18BrClN2O4. The van der Waals surface area contributed by atoms with Crippen molar-refractivity contribution in [2.75, 3.05) is 6.61 Å². The molecule has 0 aliphatic heterocycles. The number of nitrogens with zero attached hydrogens (tertiary/aromatic N) is 1. The van der Waals surface area contributed by atoms with E-state index in [0.29, 0.717) is 16.3 Å². The summed E-state index contributed by atoms with van der Waals surface area (Å²) in [6, 6.07) is 25.1. The fourth-order valence-corrected chi connectivity index (χ4v) is 3.76. The summed E-state index contributed by atoms with van der Waals surface area (Å²) in [6.07, 6.45) is 1.38. The van der Waals surface area contributed by atoms with Gasteiger partial charge in [-0.15, -0.1) is 0 Å². The monoisotopic (exact) mass is 536 g/mol. The minimum Gasteiger partial charge on any atom is -0.483 e. The summed E-state index contributed by atoms with van der Waals surface area (Å²) in [4.78, 5) is 24.8. The molecule has 0 saturated carbocycles. The van der Waals surface area contributed by atoms with Crippen LogP contribution in [0.3, 0.4) is 0 Å². The first-order chi connectivity index (χ1) is 16.5. The highest BCUT2D eigenvalue weighted by molar-refractivity contribution is 9.10. The number of rotatable bonds is 7. The number of fused-ring (bicyclic) bond motifs is 1. The predicted octanol–water partition coefficient (Wildman–Crippen LogP) is 6.00. The van der Waals surface area contributed by atoms with E-state index in [1.807, 2.05) is 36.4 Å². The summed E-state index contributed by atoms with van der Waals surface area (Å²) in [5, 5.41) is 6.20. The zero-order valence-electron chi connectivity index (χ0n) is 17.7. The van der Waals surface area contributed by atoms with Gasteiger partial charge < -0.3 is 9.47 Å². The van der Waals surface area contributed by atoms with Crippen LogP contribution in [0.4, 0.5) is 0 Å². The van der Waals surface area contributed by atoms with Gasteiger partial charge in [-0.3, -0.25) is 4.79 Å². The van der Waals surface area contributed by atoms with Crippen molar-refractivity contribution >= 4 is 56.4 Å². The van der Waals surface area contributed by atoms with E-state index in [1.54, 1.807) is 48.5 Å². The number of benzene rings is 4. The van der Waals surface area contributed by atoms with Crippen LogP contribution in [0, 0.1) is 0 Å². The lowest BCUT2D eigenvalue weighted by molar-refractivity contribution is -0.123. The highest BCUT2D eigenvalue weighted by Crippen LogP contribution is 2.26. The second-order valence-corrected chi connectivity index (χ2v) is 8.43. The average Bonchev–Trinajstić information content (AvgIpc) is 2.84. The van der Waals surface area contributed by atoms with Crippen molar-refractivity contribution in [1.82, 2.24) is 5.43 Å². The molecule has 170 valence electrons. The lowest BCUT2D eigenvalue weighted by Gasteiger charge is -2.09. The maximum Gasteiger partial charge on any atom is 0.345 e. The Bertz CT molecular complexity index is 1390. The van der Waals surface area contributed by atoms with E-state index in [-0.39, 0.29) is 17.9 Å². The van der Waals surface area contributed by atoms with Crippen LogP contribution in [0.2, 0.25) is 5.02 Å². The number of esters is 1. The highest BCUT2D eigenvalue weighted by atomic mass is 79.9. The summed E-state index contributed by atoms with van der Waals surface area (Å²) in [7, 11) is 0. The molecule has 0 spiro atoms. The minimum absolute atomic E-state index is 0.210. The van der Waals surface area contributed by atoms with Gasteiger partial charge in [-0.1, -0.05) is 76.1 Å². The highest BCUT2D eigenvalue weighted by Gasteiger charge is 2.14. The third-order valence-corrected chi connectivity index (χ3v) is 5.59. The Balaban J connectivity index is 1.40. The first kappa shape index (κ1) is 23.5. The van der Waals surface area contributed by atoms with Gasteiger partial charge in [-0.2, -0.15) is 5.10 Å². The Morgan fingerprint density at radius 3 is 2.56 bits per heavy atom. The third kappa shape index (κ3) is 5.81. The number of nitrogens with one attached hydrogen (secondary N) is 1. The van der Waals surface area contributed by atoms with Crippen LogP contribution < -0.4 is 14.9 Å². The molecule has 0 unspecified atom stereocenters. The largest absolute Gasteiger partial charge is 0.483 e. The molecule has 6 nitrogen and oxygen atoms in total. The van der Waals surface area contributed by atoms with Crippen molar-refractivity contribution in [3.05, 3.63) is 106 Å². The zero-order valence-corrected chi connectivity index (χ0v) is 20.0. The maximum atomic E-state index is 12.5. The van der Waals surface area contributed by atoms with Crippen LogP contribution >= 0.6 is 27.5 Å². The standard InChI is InChI=1S/C26H18BrClN2O4/c27-19-12-13-23(34-26(32)21-9-3-4-10-22(21)28)18(14-19)15-29-30-25(31)16-33-24-11-5-7-17-6-1-2-8-20(17)24/h1-15H,16H2,(H,30,31). The van der Waals surface area contributed by atoms with Crippen molar-refractivity contribution in [3.8, 4) is 11.5 Å². The van der Waals surface area contributed by atoms with Crippen LogP contribution in [0.5, 0.6) is 11.5 Å². The van der Waals surface area contributed by atoms with Gasteiger partial charge in [0.15, 0.2) is 6.61 Å². The molecular weight excluding hydrogens is 520 g/mol. The van der Waals surface area contributed by atoms with Crippen molar-refractivity contribution in [2.45, 2.75) is 0 Å². The van der Waals surface area contributed by atoms with Gasteiger partial charge in [0.1, 0.15) is 11.5 Å². The average molecular weight is 538 g/mol. The lowest BCUT2D eigenvalue weighted by atomic mass is 10.1. The van der Waals surface area contributed by atoms with Gasteiger partial charge in [0.2, 0.25) is 0 Å². The molecule has 8 heteroatoms. The van der Waals surface area contributed by atoms with Crippen molar-refractivity contribution < 1.29 is 19.1 Å². The van der Waals surface area contributed by atoms with Gasteiger partial charge in [0.05, 0.1) is 16.8 Å². The summed E-state index contributed by atoms with van der Waals surface area (Å²) in [6.45, 7) is -0.210. The molecule has 4 aromatic carbocycles. The van der Waals surface area contributed by atoms with E-state index in [4.69, 9.17) is 21.1 Å². The smallest absolute Gasteiger partial charge is 0.345 e. The fraction of sp³-hybridized carbons (Fsp3) is 0.0385. The number of hydrazone groups is 1. The van der Waals surface area contributed by atoms with E-state index in [2.05, 4.69) is 26.5 Å². The number of hydrogen-bond donors (Lipinski definition) is 1. The molecule has 0 saturated heterocycles. The van der Waals surface area contributed by atoms with Gasteiger partial charge in [-0.25, -0.2) is 10.2 Å². The number of halogens is 2. The predicted molar refractivity (Wildman–Crippen MR) is 136 cm³/mol. The summed E-state index contributed by atoms with van der Waals surface area (Å²) in [5.74, 6) is -0.167. The second kappa shape index (κ2) is 11.0. The molecule has 4 aromatic rings. The second-order valence-electron chi connectivity index (χ2n) is 7.11. The molecule has 0 fully saturated rings. The van der Waals surface area contributed by atoms with Gasteiger partial charge in [-0.05, 0) is 41.8 Å². The Labute approximate surface area is 209 Å². The SMILES string of the molecule is O=C(COc1cccc2ccccc12)NN=Cc1cc(Br)ccc1OC(=O)c1ccccc1Cl. The molecule has 0 aliphatic rings. The van der Waals surface area contributed by atoms with Gasteiger partial charge >= 0.3 is 5.97 Å². The number of amides is 1. The van der Waals surface area contributed by atoms with Crippen molar-refractivity contribution in [1.29, 1.82) is 0 Å². The third-order valence-electron chi connectivity index (χ3n) is 4.77. The van der Waals surface area contributed by atoms with E-state index < -0.39 is 11.9 Å². The van der Waals surface area contributed by atoms with Crippen LogP contribution in [-0.2, 0) is 4.79 Å². The van der Waals surface area contributed by atoms with E-state index in [9.17, 15) is 9.59 Å². The molecule has 0 radical (unpaired) electrons. The number of hydrogen-bond acceptors (Lipinski definition) is 5. The summed E-state index contributed by atoms with van der Waals surface area (Å²) in [5.41, 5.74) is 3.14. The molecule has 0 atom stereocenters. The number of carbonyl (C=O) groups excluding carboxylic acids is 2. The maximum absolute atomic E-state index is 12.5. The Kier molecular flexibility index (Phi) is 7.57. The number of carbonyl (C=O) groups is 2. The van der Waals surface area contributed by atoms with Gasteiger partial charge in [0.25, 0.3) is 5.91 Å². The minimum atomic E-state index is -0.602. The molecule has 0 heterocycles. The molecule has 34 heavy (non-hydrogen) atoms. The fourth-order valence-electron chi connectivity index (χ4n) is 3.17. The molecule has 0 bridgehead atoms. The summed E-state index contributed by atoms with van der Waals surface area (Å²) < 4.78 is 11.9. The first-order valence-electron chi connectivity index (χ1n) is 10.2. The zero-order chi connectivity index (χ0) is 23.9. The molecule has 1 N–H and O–H groups in total. The lowest BCUT2D eigenvalue weighted by Crippen LogP contribution is -2.24. The first-order valence-corrected chi connectivity index (χ1v) is 11.4. The van der Waals surface area contributed by atoms with Crippen LogP contribution in [0.1, 0.15) is 15.9 Å². The van der Waals surface area contributed by atoms with E-state index in [1.165, 1.54) is 6.21 Å². The molecule has 0 aromatic heterocycles. The summed E-state index contributed by atoms with van der Waals surface area (Å²) >= 11 is 9.46. The quantitative estimate of drug-likeness (QED) is 0.136. The topological polar surface area (TPSA) is 77.0 Å².